The molecule has 2 saturated heterocycles. The second-order valence-electron chi connectivity index (χ2n) is 9.96. The summed E-state index contributed by atoms with van der Waals surface area (Å²) in [7, 11) is 0. The number of hydrogen-bond donors (Lipinski definition) is 9. The first-order chi connectivity index (χ1) is 20.0. The number of rotatable bonds is 7. The number of benzene rings is 2. The van der Waals surface area contributed by atoms with Crippen LogP contribution in [0.2, 0.25) is 0 Å². The van der Waals surface area contributed by atoms with Gasteiger partial charge in [0.1, 0.15) is 83.3 Å². The predicted molar refractivity (Wildman–Crippen MR) is 138 cm³/mol. The zero-order chi connectivity index (χ0) is 30.3. The van der Waals surface area contributed by atoms with Crippen LogP contribution >= 0.6 is 0 Å². The molecule has 9 N–H and O–H groups in total. The van der Waals surface area contributed by atoms with Gasteiger partial charge in [-0.25, -0.2) is 0 Å². The molecular weight excluding hydrogens is 564 g/mol. The normalized spacial score (nSPS) is 33.5. The van der Waals surface area contributed by atoms with Crippen molar-refractivity contribution in [3.63, 3.8) is 0 Å². The quantitative estimate of drug-likeness (QED) is 0.142. The van der Waals surface area contributed by atoms with Crippen LogP contribution in [0.4, 0.5) is 0 Å². The fourth-order valence-corrected chi connectivity index (χ4v) is 4.90. The van der Waals surface area contributed by atoms with Crippen molar-refractivity contribution in [2.45, 2.75) is 61.4 Å². The van der Waals surface area contributed by atoms with Gasteiger partial charge in [0.15, 0.2) is 6.29 Å². The smallest absolute Gasteiger partial charge is 0.229 e. The van der Waals surface area contributed by atoms with Crippen LogP contribution in [0, 0.1) is 0 Å². The Hall–Kier alpha value is -3.35. The van der Waals surface area contributed by atoms with Gasteiger partial charge in [0, 0.05) is 12.1 Å². The van der Waals surface area contributed by atoms with Crippen LogP contribution in [0.25, 0.3) is 22.1 Å². The number of hydrogen-bond acceptors (Lipinski definition) is 15. The standard InChI is InChI=1S/C27H30O15/c28-7-16-20(33)21(34)23(36)27(40-16)42-25-17(8-29)41-26(24(37)22(25)35)39-12-5-14(31)18-15(6-12)38-9-13(19(18)32)10-1-3-11(30)4-2-10/h1-6,9,16-17,20-31,33-37H,7-8H2. The van der Waals surface area contributed by atoms with E-state index in [9.17, 15) is 50.8 Å². The van der Waals surface area contributed by atoms with E-state index >= 15 is 0 Å². The third kappa shape index (κ3) is 5.55. The van der Waals surface area contributed by atoms with Crippen LogP contribution in [0.1, 0.15) is 0 Å². The van der Waals surface area contributed by atoms with Crippen LogP contribution in [-0.4, -0.2) is 121 Å². The van der Waals surface area contributed by atoms with E-state index in [2.05, 4.69) is 0 Å². The molecule has 0 spiro atoms. The molecule has 42 heavy (non-hydrogen) atoms. The Kier molecular flexibility index (Phi) is 8.68. The average molecular weight is 595 g/mol. The second kappa shape index (κ2) is 12.1. The largest absolute Gasteiger partial charge is 0.508 e. The molecule has 1 aromatic heterocycles. The van der Waals surface area contributed by atoms with Crippen molar-refractivity contribution < 1.29 is 69.3 Å². The maximum Gasteiger partial charge on any atom is 0.229 e. The lowest BCUT2D eigenvalue weighted by molar-refractivity contribution is -0.352. The maximum atomic E-state index is 13.1. The molecule has 2 fully saturated rings. The fraction of sp³-hybridized carbons (Fsp3) is 0.444. The van der Waals surface area contributed by atoms with Gasteiger partial charge in [0.05, 0.1) is 18.8 Å². The van der Waals surface area contributed by atoms with Crippen molar-refractivity contribution in [1.29, 1.82) is 0 Å². The van der Waals surface area contributed by atoms with Crippen LogP contribution < -0.4 is 10.2 Å². The number of ether oxygens (including phenoxy) is 4. The van der Waals surface area contributed by atoms with Gasteiger partial charge in [-0.1, -0.05) is 12.1 Å². The van der Waals surface area contributed by atoms with Crippen molar-refractivity contribution in [2.24, 2.45) is 0 Å². The van der Waals surface area contributed by atoms with Gasteiger partial charge in [-0.3, -0.25) is 4.79 Å². The van der Waals surface area contributed by atoms with Gasteiger partial charge in [-0.15, -0.1) is 0 Å². The van der Waals surface area contributed by atoms with Crippen LogP contribution in [0.3, 0.4) is 0 Å². The van der Waals surface area contributed by atoms with Crippen LogP contribution in [-0.2, 0) is 14.2 Å². The molecule has 0 aliphatic carbocycles. The number of phenols is 2. The van der Waals surface area contributed by atoms with Crippen molar-refractivity contribution in [3.8, 4) is 28.4 Å². The van der Waals surface area contributed by atoms with Crippen molar-refractivity contribution in [2.75, 3.05) is 13.2 Å². The first-order valence-corrected chi connectivity index (χ1v) is 12.9. The zero-order valence-electron chi connectivity index (χ0n) is 21.7. The summed E-state index contributed by atoms with van der Waals surface area (Å²) >= 11 is 0. The Morgan fingerprint density at radius 2 is 1.40 bits per heavy atom. The SMILES string of the molecule is O=c1c(-c2ccc(O)cc2)coc2cc(OC3OC(CO)C(OC4OC(CO)C(O)C(O)C4O)C(O)C3O)cc(O)c12. The molecule has 15 heteroatoms. The minimum Gasteiger partial charge on any atom is -0.508 e. The van der Waals surface area contributed by atoms with E-state index < -0.39 is 85.8 Å². The molecule has 3 heterocycles. The third-order valence-corrected chi connectivity index (χ3v) is 7.22. The van der Waals surface area contributed by atoms with E-state index in [-0.39, 0.29) is 28.0 Å². The minimum atomic E-state index is -1.83. The molecule has 3 aromatic rings. The number of aliphatic hydroxyl groups excluding tert-OH is 7. The molecule has 2 aliphatic heterocycles. The van der Waals surface area contributed by atoms with E-state index in [1.165, 1.54) is 36.6 Å². The highest BCUT2D eigenvalue weighted by Crippen LogP contribution is 2.34. The highest BCUT2D eigenvalue weighted by molar-refractivity contribution is 5.88. The molecule has 0 radical (unpaired) electrons. The molecule has 10 unspecified atom stereocenters. The van der Waals surface area contributed by atoms with Gasteiger partial charge in [0.2, 0.25) is 11.7 Å². The van der Waals surface area contributed by atoms with E-state index in [1.54, 1.807) is 0 Å². The summed E-state index contributed by atoms with van der Waals surface area (Å²) in [6.45, 7) is -1.50. The molecule has 5 rings (SSSR count). The van der Waals surface area contributed by atoms with Gasteiger partial charge in [0.25, 0.3) is 0 Å². The maximum absolute atomic E-state index is 13.1. The van der Waals surface area contributed by atoms with E-state index in [4.69, 9.17) is 23.4 Å². The van der Waals surface area contributed by atoms with E-state index in [0.29, 0.717) is 5.56 Å². The number of aliphatic hydroxyl groups is 7. The molecule has 0 amide bonds. The summed E-state index contributed by atoms with van der Waals surface area (Å²) in [5, 5.41) is 91.0. The first kappa shape index (κ1) is 30.1. The lowest BCUT2D eigenvalue weighted by Crippen LogP contribution is -2.65. The third-order valence-electron chi connectivity index (χ3n) is 7.22. The molecule has 0 saturated carbocycles. The van der Waals surface area contributed by atoms with Crippen molar-refractivity contribution in [3.05, 3.63) is 52.9 Å². The molecular formula is C27H30O15. The Labute approximate surface area is 236 Å². The summed E-state index contributed by atoms with van der Waals surface area (Å²) in [5.41, 5.74) is -0.0851. The molecule has 0 bridgehead atoms. The monoisotopic (exact) mass is 594 g/mol. The summed E-state index contributed by atoms with van der Waals surface area (Å²) in [6.07, 6.45) is -15.2. The lowest BCUT2D eigenvalue weighted by Gasteiger charge is -2.45. The van der Waals surface area contributed by atoms with Crippen LogP contribution in [0.5, 0.6) is 17.2 Å². The second-order valence-corrected chi connectivity index (χ2v) is 9.96. The van der Waals surface area contributed by atoms with Gasteiger partial charge in [-0.05, 0) is 17.7 Å². The summed E-state index contributed by atoms with van der Waals surface area (Å²) in [5.74, 6) is -0.659. The van der Waals surface area contributed by atoms with Gasteiger partial charge >= 0.3 is 0 Å². The Bertz CT molecular complexity index is 1440. The number of phenolic OH excluding ortho intramolecular Hbond substituents is 2. The average Bonchev–Trinajstić information content (AvgIpc) is 2.97. The highest BCUT2D eigenvalue weighted by Gasteiger charge is 2.51. The summed E-state index contributed by atoms with van der Waals surface area (Å²) in [6, 6.07) is 8.08. The van der Waals surface area contributed by atoms with Crippen molar-refractivity contribution >= 4 is 11.0 Å². The fourth-order valence-electron chi connectivity index (χ4n) is 4.90. The Morgan fingerprint density at radius 3 is 2.07 bits per heavy atom. The van der Waals surface area contributed by atoms with E-state index in [0.717, 1.165) is 6.07 Å². The van der Waals surface area contributed by atoms with Crippen LogP contribution in [0.15, 0.2) is 51.9 Å². The predicted octanol–water partition coefficient (Wildman–Crippen LogP) is -2.13. The summed E-state index contributed by atoms with van der Waals surface area (Å²) in [4.78, 5) is 13.1. The van der Waals surface area contributed by atoms with Gasteiger partial charge < -0.3 is 69.3 Å². The van der Waals surface area contributed by atoms with Gasteiger partial charge in [-0.2, -0.15) is 0 Å². The molecule has 15 nitrogen and oxygen atoms in total. The number of aromatic hydroxyl groups is 2. The Balaban J connectivity index is 1.34. The zero-order valence-corrected chi connectivity index (χ0v) is 21.7. The minimum absolute atomic E-state index is 0.000932. The highest BCUT2D eigenvalue weighted by atomic mass is 16.7. The van der Waals surface area contributed by atoms with Crippen molar-refractivity contribution in [1.82, 2.24) is 0 Å². The number of fused-ring (bicyclic) bond motifs is 1. The lowest BCUT2D eigenvalue weighted by atomic mass is 9.97. The molecule has 10 atom stereocenters. The van der Waals surface area contributed by atoms with E-state index in [1.807, 2.05) is 0 Å². The topological polar surface area (TPSA) is 249 Å². The Morgan fingerprint density at radius 1 is 0.762 bits per heavy atom. The molecule has 228 valence electrons. The first-order valence-electron chi connectivity index (χ1n) is 12.9. The molecule has 2 aromatic carbocycles. The molecule has 2 aliphatic rings. The summed E-state index contributed by atoms with van der Waals surface area (Å²) < 4.78 is 27.5.